The Labute approximate surface area is 168 Å². The molecule has 0 saturated carbocycles. The minimum atomic E-state index is -4.50. The topological polar surface area (TPSA) is 75.9 Å². The lowest BCUT2D eigenvalue weighted by molar-refractivity contribution is -0.141. The third kappa shape index (κ3) is 3.88. The fourth-order valence-corrected chi connectivity index (χ4v) is 3.22. The molecule has 0 aliphatic carbocycles. The number of nitrogens with one attached hydrogen (secondary N) is 1. The second-order valence-electron chi connectivity index (χ2n) is 6.53. The van der Waals surface area contributed by atoms with Crippen molar-refractivity contribution in [3.63, 3.8) is 0 Å². The number of hydrogen-bond acceptors (Lipinski definition) is 5. The van der Waals surface area contributed by atoms with Crippen molar-refractivity contribution in [2.45, 2.75) is 19.6 Å². The van der Waals surface area contributed by atoms with Gasteiger partial charge < -0.3 is 10.2 Å². The van der Waals surface area contributed by atoms with E-state index in [9.17, 15) is 18.0 Å². The number of benzene rings is 1. The highest BCUT2D eigenvalue weighted by Crippen LogP contribution is 2.30. The van der Waals surface area contributed by atoms with Crippen molar-refractivity contribution in [3.05, 3.63) is 58.8 Å². The molecule has 1 aliphatic heterocycles. The van der Waals surface area contributed by atoms with Crippen LogP contribution in [0.3, 0.4) is 0 Å². The number of carbonyl (C=O) groups is 1. The maximum absolute atomic E-state index is 12.9. The van der Waals surface area contributed by atoms with Crippen LogP contribution in [0.5, 0.6) is 0 Å². The minimum Gasteiger partial charge on any atom is -0.341 e. The lowest BCUT2D eigenvalue weighted by Gasteiger charge is -2.29. The van der Waals surface area contributed by atoms with E-state index in [1.54, 1.807) is 36.1 Å². The molecule has 0 radical (unpaired) electrons. The highest BCUT2D eigenvalue weighted by Gasteiger charge is 2.34. The van der Waals surface area contributed by atoms with E-state index < -0.39 is 11.9 Å². The summed E-state index contributed by atoms with van der Waals surface area (Å²) in [4.78, 5) is 21.7. The average molecular weight is 423 g/mol. The molecular formula is C18H14ClF3N6O. The van der Waals surface area contributed by atoms with Gasteiger partial charge in [-0.2, -0.15) is 23.3 Å². The first kappa shape index (κ1) is 19.2. The second kappa shape index (κ2) is 7.03. The van der Waals surface area contributed by atoms with Gasteiger partial charge in [-0.15, -0.1) is 0 Å². The zero-order valence-corrected chi connectivity index (χ0v) is 15.8. The van der Waals surface area contributed by atoms with Crippen LogP contribution in [0.4, 0.5) is 24.7 Å². The molecule has 11 heteroatoms. The number of aromatic nitrogens is 4. The van der Waals surface area contributed by atoms with Crippen molar-refractivity contribution >= 4 is 29.0 Å². The Morgan fingerprint density at radius 3 is 2.62 bits per heavy atom. The Kier molecular flexibility index (Phi) is 4.65. The number of fused-ring (bicyclic) bond motifs is 1. The van der Waals surface area contributed by atoms with Gasteiger partial charge in [-0.05, 0) is 42.3 Å². The molecule has 0 bridgehead atoms. The van der Waals surface area contributed by atoms with E-state index in [0.717, 1.165) is 11.6 Å². The van der Waals surface area contributed by atoms with Crippen LogP contribution in [0, 0.1) is 6.92 Å². The summed E-state index contributed by atoms with van der Waals surface area (Å²) in [6.45, 7) is 2.01. The number of alkyl halides is 3. The molecule has 0 fully saturated rings. The third-order valence-electron chi connectivity index (χ3n) is 4.38. The number of hydrogen-bond donors (Lipinski definition) is 1. The highest BCUT2D eigenvalue weighted by molar-refractivity contribution is 6.28. The Morgan fingerprint density at radius 2 is 1.97 bits per heavy atom. The number of halogens is 4. The van der Waals surface area contributed by atoms with Crippen LogP contribution >= 0.6 is 11.6 Å². The van der Waals surface area contributed by atoms with Gasteiger partial charge in [0.2, 0.25) is 11.2 Å². The van der Waals surface area contributed by atoms with Crippen LogP contribution < -0.4 is 10.2 Å². The zero-order chi connectivity index (χ0) is 20.8. The van der Waals surface area contributed by atoms with E-state index in [2.05, 4.69) is 20.4 Å². The Balaban J connectivity index is 1.58. The van der Waals surface area contributed by atoms with E-state index >= 15 is 0 Å². The summed E-state index contributed by atoms with van der Waals surface area (Å²) in [7, 11) is 0. The van der Waals surface area contributed by atoms with Crippen molar-refractivity contribution in [1.82, 2.24) is 19.7 Å². The number of rotatable bonds is 3. The van der Waals surface area contributed by atoms with Gasteiger partial charge in [0, 0.05) is 12.2 Å². The zero-order valence-electron chi connectivity index (χ0n) is 15.0. The molecule has 4 rings (SSSR count). The SMILES string of the molecule is Cc1cc(C(F)(F)F)nn1-c1ccc(CN2CC(=O)Nc3cnc(Cl)nc32)cc1. The number of nitrogens with zero attached hydrogens (tertiary/aromatic N) is 5. The van der Waals surface area contributed by atoms with Crippen molar-refractivity contribution in [1.29, 1.82) is 0 Å². The molecule has 0 spiro atoms. The van der Waals surface area contributed by atoms with Crippen molar-refractivity contribution < 1.29 is 18.0 Å². The summed E-state index contributed by atoms with van der Waals surface area (Å²) in [6.07, 6.45) is -3.06. The van der Waals surface area contributed by atoms with Gasteiger partial charge >= 0.3 is 6.18 Å². The molecule has 29 heavy (non-hydrogen) atoms. The van der Waals surface area contributed by atoms with Gasteiger partial charge in [0.25, 0.3) is 0 Å². The van der Waals surface area contributed by atoms with E-state index in [1.165, 1.54) is 10.9 Å². The number of amides is 1. The van der Waals surface area contributed by atoms with E-state index in [4.69, 9.17) is 11.6 Å². The summed E-state index contributed by atoms with van der Waals surface area (Å²) < 4.78 is 39.8. The van der Waals surface area contributed by atoms with Gasteiger partial charge in [0.1, 0.15) is 5.69 Å². The third-order valence-corrected chi connectivity index (χ3v) is 4.56. The molecule has 150 valence electrons. The Hall–Kier alpha value is -3.14. The maximum atomic E-state index is 12.9. The molecule has 3 heterocycles. The normalized spacial score (nSPS) is 14.0. The molecule has 1 aliphatic rings. The van der Waals surface area contributed by atoms with Gasteiger partial charge in [-0.3, -0.25) is 4.79 Å². The van der Waals surface area contributed by atoms with Crippen LogP contribution in [0.2, 0.25) is 5.28 Å². The molecule has 1 amide bonds. The van der Waals surface area contributed by atoms with Gasteiger partial charge in [0.15, 0.2) is 11.5 Å². The monoisotopic (exact) mass is 422 g/mol. The Bertz CT molecular complexity index is 1080. The largest absolute Gasteiger partial charge is 0.435 e. The molecule has 7 nitrogen and oxygen atoms in total. The first-order chi connectivity index (χ1) is 13.7. The number of anilines is 2. The van der Waals surface area contributed by atoms with Crippen LogP contribution in [-0.4, -0.2) is 32.2 Å². The fourth-order valence-electron chi connectivity index (χ4n) is 3.09. The van der Waals surface area contributed by atoms with E-state index in [1.807, 2.05) is 0 Å². The summed E-state index contributed by atoms with van der Waals surface area (Å²) in [6, 6.07) is 7.87. The van der Waals surface area contributed by atoms with E-state index in [-0.39, 0.29) is 17.7 Å². The molecular weight excluding hydrogens is 409 g/mol. The molecule has 2 aromatic heterocycles. The molecule has 0 unspecified atom stereocenters. The molecule has 3 aromatic rings. The number of aryl methyl sites for hydroxylation is 1. The van der Waals surface area contributed by atoms with E-state index in [0.29, 0.717) is 29.4 Å². The molecule has 0 saturated heterocycles. The van der Waals surface area contributed by atoms with Gasteiger partial charge in [0.05, 0.1) is 18.4 Å². The minimum absolute atomic E-state index is 0.0647. The van der Waals surface area contributed by atoms with Crippen molar-refractivity contribution in [2.75, 3.05) is 16.8 Å². The molecule has 0 atom stereocenters. The lowest BCUT2D eigenvalue weighted by Crippen LogP contribution is -2.38. The predicted molar refractivity (Wildman–Crippen MR) is 100 cm³/mol. The lowest BCUT2D eigenvalue weighted by atomic mass is 10.1. The van der Waals surface area contributed by atoms with Gasteiger partial charge in [-0.1, -0.05) is 12.1 Å². The quantitative estimate of drug-likeness (QED) is 0.653. The van der Waals surface area contributed by atoms with Gasteiger partial charge in [-0.25, -0.2) is 9.67 Å². The highest BCUT2D eigenvalue weighted by atomic mass is 35.5. The Morgan fingerprint density at radius 1 is 1.24 bits per heavy atom. The molecule has 1 N–H and O–H groups in total. The fraction of sp³-hybridized carbons (Fsp3) is 0.222. The maximum Gasteiger partial charge on any atom is 0.435 e. The smallest absolute Gasteiger partial charge is 0.341 e. The van der Waals surface area contributed by atoms with Crippen molar-refractivity contribution in [2.24, 2.45) is 0 Å². The van der Waals surface area contributed by atoms with Crippen LogP contribution in [0.15, 0.2) is 36.5 Å². The standard InChI is InChI=1S/C18H14ClF3N6O/c1-10-6-14(18(20,21)22)26-28(10)12-4-2-11(3-5-12)8-27-9-15(29)24-13-7-23-17(19)25-16(13)27/h2-7H,8-9H2,1H3,(H,24,29). The summed E-state index contributed by atoms with van der Waals surface area (Å²) >= 11 is 5.87. The molecule has 1 aromatic carbocycles. The van der Waals surface area contributed by atoms with Crippen LogP contribution in [0.25, 0.3) is 5.69 Å². The first-order valence-corrected chi connectivity index (χ1v) is 8.89. The first-order valence-electron chi connectivity index (χ1n) is 8.51. The van der Waals surface area contributed by atoms with Crippen molar-refractivity contribution in [3.8, 4) is 5.69 Å². The van der Waals surface area contributed by atoms with Crippen LogP contribution in [0.1, 0.15) is 17.0 Å². The average Bonchev–Trinajstić information content (AvgIpc) is 3.05. The summed E-state index contributed by atoms with van der Waals surface area (Å²) in [5.41, 5.74) is 1.24. The predicted octanol–water partition coefficient (Wildman–Crippen LogP) is 3.60. The summed E-state index contributed by atoms with van der Waals surface area (Å²) in [5, 5.41) is 6.39. The number of carbonyl (C=O) groups excluding carboxylic acids is 1. The second-order valence-corrected chi connectivity index (χ2v) is 6.87. The summed E-state index contributed by atoms with van der Waals surface area (Å²) in [5.74, 6) is 0.304. The van der Waals surface area contributed by atoms with Crippen LogP contribution in [-0.2, 0) is 17.5 Å².